The second-order valence-corrected chi connectivity index (χ2v) is 13.4. The van der Waals surface area contributed by atoms with E-state index in [1.807, 2.05) is 0 Å². The van der Waals surface area contributed by atoms with E-state index in [1.54, 1.807) is 21.3 Å². The monoisotopic (exact) mass is 460 g/mol. The molecule has 0 aromatic carbocycles. The Hall–Kier alpha value is 0.0569. The molecule has 0 fully saturated rings. The Morgan fingerprint density at radius 2 is 0.968 bits per heavy atom. The number of quaternary nitrogens is 1. The van der Waals surface area contributed by atoms with Crippen molar-refractivity contribution >= 4 is 8.80 Å². The summed E-state index contributed by atoms with van der Waals surface area (Å²) in [6.45, 7) is 6.93. The van der Waals surface area contributed by atoms with Crippen molar-refractivity contribution in [2.24, 2.45) is 0 Å². The molecule has 0 amide bonds. The topological polar surface area (TPSA) is 27.7 Å². The third-order valence-corrected chi connectivity index (χ3v) is 10.2. The summed E-state index contributed by atoms with van der Waals surface area (Å²) in [7, 11) is 7.39. The number of rotatable bonds is 23. The van der Waals surface area contributed by atoms with Crippen LogP contribution in [0.25, 0.3) is 0 Å². The highest BCUT2D eigenvalue weighted by Crippen LogP contribution is 2.33. The smallest absolute Gasteiger partial charge is 0.377 e. The molecule has 1 atom stereocenters. The molecule has 4 nitrogen and oxygen atoms in total. The Kier molecular flexibility index (Phi) is 19.6. The third-order valence-electron chi connectivity index (χ3n) is 6.92. The molecule has 31 heavy (non-hydrogen) atoms. The number of nitrogens with zero attached hydrogens (tertiary/aromatic N) is 1. The summed E-state index contributed by atoms with van der Waals surface area (Å²) in [4.78, 5) is 0. The van der Waals surface area contributed by atoms with E-state index in [-0.39, 0.29) is 0 Å². The first kappa shape index (κ1) is 31.1. The van der Waals surface area contributed by atoms with E-state index >= 15 is 0 Å². The van der Waals surface area contributed by atoms with Crippen LogP contribution in [0.4, 0.5) is 0 Å². The van der Waals surface area contributed by atoms with Crippen LogP contribution in [0.15, 0.2) is 0 Å². The third kappa shape index (κ3) is 14.7. The van der Waals surface area contributed by atoms with Crippen LogP contribution >= 0.6 is 0 Å². The van der Waals surface area contributed by atoms with Crippen LogP contribution in [-0.4, -0.2) is 61.8 Å². The summed E-state index contributed by atoms with van der Waals surface area (Å²) in [5.41, 5.74) is 0.398. The molecule has 0 aromatic rings. The molecule has 0 aliphatic heterocycles. The molecule has 1 unspecified atom stereocenters. The maximum atomic E-state index is 5.88. The van der Waals surface area contributed by atoms with Crippen LogP contribution in [0.3, 0.4) is 0 Å². The van der Waals surface area contributed by atoms with E-state index in [0.717, 1.165) is 23.9 Å². The van der Waals surface area contributed by atoms with Gasteiger partial charge in [-0.15, -0.1) is 0 Å². The van der Waals surface area contributed by atoms with Crippen molar-refractivity contribution in [3.05, 3.63) is 0 Å². The molecule has 5 heteroatoms. The molecular weight excluding hydrogens is 402 g/mol. The van der Waals surface area contributed by atoms with Crippen molar-refractivity contribution in [2.45, 2.75) is 122 Å². The Bertz CT molecular complexity index is 381. The molecule has 0 bridgehead atoms. The molecule has 0 aliphatic carbocycles. The van der Waals surface area contributed by atoms with Crippen LogP contribution in [0.1, 0.15) is 117 Å². The van der Waals surface area contributed by atoms with Gasteiger partial charge in [0.2, 0.25) is 0 Å². The van der Waals surface area contributed by atoms with E-state index in [1.165, 1.54) is 96.4 Å². The predicted octanol–water partition coefficient (Wildman–Crippen LogP) is 7.59. The molecule has 0 saturated carbocycles. The lowest BCUT2D eigenvalue weighted by molar-refractivity contribution is -0.890. The molecule has 0 spiro atoms. The Morgan fingerprint density at radius 3 is 1.35 bits per heavy atom. The molecule has 0 heterocycles. The average molecular weight is 461 g/mol. The summed E-state index contributed by atoms with van der Waals surface area (Å²) in [5, 5.41) is 0. The zero-order valence-corrected chi connectivity index (χ0v) is 23.5. The predicted molar refractivity (Wildman–Crippen MR) is 138 cm³/mol. The first-order valence-electron chi connectivity index (χ1n) is 13.4. The van der Waals surface area contributed by atoms with Crippen molar-refractivity contribution in [3.63, 3.8) is 0 Å². The van der Waals surface area contributed by atoms with Crippen molar-refractivity contribution < 1.29 is 17.8 Å². The fraction of sp³-hybridized carbons (Fsp3) is 1.00. The van der Waals surface area contributed by atoms with Gasteiger partial charge in [0.05, 0.1) is 27.2 Å². The molecule has 0 aromatic heterocycles. The SMILES string of the molecule is CCCCCCCCCCCCCCCC(CC[N+](C)(C)CCC)[Si](OC)(OC)OC. The quantitative estimate of drug-likeness (QED) is 0.0892. The van der Waals surface area contributed by atoms with Crippen molar-refractivity contribution in [1.29, 1.82) is 0 Å². The number of unbranched alkanes of at least 4 members (excludes halogenated alkanes) is 12. The minimum absolute atomic E-state index is 0.398. The minimum atomic E-state index is -2.58. The second-order valence-electron chi connectivity index (χ2n) is 10.1. The van der Waals surface area contributed by atoms with Gasteiger partial charge in [-0.1, -0.05) is 97.3 Å². The average Bonchev–Trinajstić information content (AvgIpc) is 2.76. The molecule has 0 N–H and O–H groups in total. The highest BCUT2D eigenvalue weighted by atomic mass is 28.4. The molecule has 0 rings (SSSR count). The van der Waals surface area contributed by atoms with Gasteiger partial charge in [0.25, 0.3) is 0 Å². The van der Waals surface area contributed by atoms with E-state index < -0.39 is 8.80 Å². The highest BCUT2D eigenvalue weighted by Gasteiger charge is 2.47. The zero-order valence-electron chi connectivity index (χ0n) is 22.5. The summed E-state index contributed by atoms with van der Waals surface area (Å²) < 4.78 is 18.7. The molecule has 0 radical (unpaired) electrons. The summed E-state index contributed by atoms with van der Waals surface area (Å²) in [6, 6.07) is 0. The normalized spacial score (nSPS) is 13.6. The van der Waals surface area contributed by atoms with Gasteiger partial charge in [0.1, 0.15) is 0 Å². The molecular formula is C26H58NO3Si+. The molecule has 0 saturated heterocycles. The van der Waals surface area contributed by atoms with Gasteiger partial charge in [0.15, 0.2) is 0 Å². The Balaban J connectivity index is 4.15. The first-order valence-corrected chi connectivity index (χ1v) is 15.2. The minimum Gasteiger partial charge on any atom is -0.377 e. The zero-order chi connectivity index (χ0) is 23.4. The van der Waals surface area contributed by atoms with Gasteiger partial charge in [-0.25, -0.2) is 0 Å². The van der Waals surface area contributed by atoms with Gasteiger partial charge in [0, 0.05) is 33.3 Å². The lowest BCUT2D eigenvalue weighted by Crippen LogP contribution is -2.50. The largest absolute Gasteiger partial charge is 0.503 e. The van der Waals surface area contributed by atoms with Gasteiger partial charge in [-0.05, 0) is 12.8 Å². The second kappa shape index (κ2) is 19.5. The maximum absolute atomic E-state index is 5.88. The fourth-order valence-corrected chi connectivity index (χ4v) is 7.42. The van der Waals surface area contributed by atoms with E-state index in [2.05, 4.69) is 27.9 Å². The van der Waals surface area contributed by atoms with Crippen molar-refractivity contribution in [1.82, 2.24) is 0 Å². The van der Waals surface area contributed by atoms with Crippen molar-refractivity contribution in [2.75, 3.05) is 48.5 Å². The first-order chi connectivity index (χ1) is 14.9. The lowest BCUT2D eigenvalue weighted by atomic mass is 10.0. The standard InChI is InChI=1S/C26H58NO3Si/c1-8-10-11-12-13-14-15-16-17-18-19-20-21-22-26(31(28-5,29-6)30-7)23-25-27(3,4)24-9-2/h26H,8-25H2,1-7H3/q+1. The Labute approximate surface area is 197 Å². The number of hydrogen-bond donors (Lipinski definition) is 0. The Morgan fingerprint density at radius 1 is 0.548 bits per heavy atom. The highest BCUT2D eigenvalue weighted by molar-refractivity contribution is 6.62. The lowest BCUT2D eigenvalue weighted by Gasteiger charge is -2.36. The van der Waals surface area contributed by atoms with Crippen LogP contribution in [-0.2, 0) is 13.3 Å². The van der Waals surface area contributed by atoms with Crippen LogP contribution < -0.4 is 0 Å². The maximum Gasteiger partial charge on any atom is 0.503 e. The van der Waals surface area contributed by atoms with Gasteiger partial charge in [-0.2, -0.15) is 0 Å². The fourth-order valence-electron chi connectivity index (χ4n) is 4.88. The van der Waals surface area contributed by atoms with Gasteiger partial charge in [-0.3, -0.25) is 0 Å². The summed E-state index contributed by atoms with van der Waals surface area (Å²) in [6.07, 6.45) is 21.6. The molecule has 0 aliphatic rings. The molecule has 188 valence electrons. The van der Waals surface area contributed by atoms with Crippen molar-refractivity contribution in [3.8, 4) is 0 Å². The van der Waals surface area contributed by atoms with Crippen LogP contribution in [0, 0.1) is 0 Å². The summed E-state index contributed by atoms with van der Waals surface area (Å²) >= 11 is 0. The van der Waals surface area contributed by atoms with Gasteiger partial charge >= 0.3 is 8.80 Å². The summed E-state index contributed by atoms with van der Waals surface area (Å²) in [5.74, 6) is 0. The number of hydrogen-bond acceptors (Lipinski definition) is 3. The van der Waals surface area contributed by atoms with Crippen LogP contribution in [0.2, 0.25) is 5.54 Å². The van der Waals surface area contributed by atoms with E-state index in [9.17, 15) is 0 Å². The van der Waals surface area contributed by atoms with E-state index in [0.29, 0.717) is 5.54 Å². The van der Waals surface area contributed by atoms with Crippen LogP contribution in [0.5, 0.6) is 0 Å². The van der Waals surface area contributed by atoms with Gasteiger partial charge < -0.3 is 17.8 Å². The van der Waals surface area contributed by atoms with E-state index in [4.69, 9.17) is 13.3 Å².